The molecular formula is C23H41N3O9. The maximum Gasteiger partial charge on any atom is 0.410 e. The van der Waals surface area contributed by atoms with Crippen molar-refractivity contribution in [2.24, 2.45) is 0 Å². The Morgan fingerprint density at radius 3 is 1.57 bits per heavy atom. The van der Waals surface area contributed by atoms with Gasteiger partial charge in [-0.25, -0.2) is 19.8 Å². The second kappa shape index (κ2) is 16.8. The largest absolute Gasteiger partial charge is 0.444 e. The molecule has 2 amide bonds. The van der Waals surface area contributed by atoms with Gasteiger partial charge in [-0.05, 0) is 74.1 Å². The molecule has 2 saturated heterocycles. The van der Waals surface area contributed by atoms with Gasteiger partial charge in [0.2, 0.25) is 6.08 Å². The van der Waals surface area contributed by atoms with Gasteiger partial charge in [-0.3, -0.25) is 0 Å². The topological polar surface area (TPSA) is 175 Å². The van der Waals surface area contributed by atoms with Gasteiger partial charge < -0.3 is 29.5 Å². The number of nitrogens with zero attached hydrogens (tertiary/aromatic N) is 2. The maximum absolute atomic E-state index is 11.8. The first-order valence-electron chi connectivity index (χ1n) is 11.4. The van der Waals surface area contributed by atoms with Gasteiger partial charge in [0.25, 0.3) is 0 Å². The average molecular weight is 504 g/mol. The zero-order chi connectivity index (χ0) is 27.8. The van der Waals surface area contributed by atoms with E-state index in [1.54, 1.807) is 9.80 Å². The van der Waals surface area contributed by atoms with Gasteiger partial charge in [-0.1, -0.05) is 0 Å². The van der Waals surface area contributed by atoms with Crippen molar-refractivity contribution in [3.05, 3.63) is 0 Å². The van der Waals surface area contributed by atoms with Crippen molar-refractivity contribution >= 4 is 24.4 Å². The number of piperidine rings is 2. The van der Waals surface area contributed by atoms with E-state index < -0.39 is 11.2 Å². The van der Waals surface area contributed by atoms with Crippen LogP contribution in [-0.4, -0.2) is 93.5 Å². The molecule has 0 aromatic carbocycles. The Kier molecular flexibility index (Phi) is 16.5. The number of rotatable bonds is 0. The van der Waals surface area contributed by atoms with E-state index in [0.717, 1.165) is 6.08 Å². The Morgan fingerprint density at radius 2 is 1.20 bits per heavy atom. The molecule has 0 bridgehead atoms. The standard InChI is InChI=1S/C11H21NO3.C10H19NO3.CHNO.CO2/c1-8-7-9(13)5-6-12(8)10(14)15-11(2,3)4;1-10(2,3)14-9(13)11-6-4-8(12)5-7-11;2*2-1-3/h8-9,13H,5-7H2,1-4H3;8,12H,4-7H2,1-3H3;2H;. The van der Waals surface area contributed by atoms with Crippen LogP contribution in [0.1, 0.15) is 74.1 Å². The van der Waals surface area contributed by atoms with Crippen LogP contribution in [0.3, 0.4) is 0 Å². The van der Waals surface area contributed by atoms with Crippen LogP contribution in [-0.2, 0) is 23.9 Å². The first kappa shape index (κ1) is 34.4. The van der Waals surface area contributed by atoms with E-state index in [9.17, 15) is 19.8 Å². The van der Waals surface area contributed by atoms with Crippen LogP contribution in [0, 0.1) is 5.41 Å². The molecule has 2 heterocycles. The highest BCUT2D eigenvalue weighted by molar-refractivity contribution is 5.68. The Morgan fingerprint density at radius 1 is 0.829 bits per heavy atom. The number of carbonyl (C=O) groups excluding carboxylic acids is 5. The lowest BCUT2D eigenvalue weighted by atomic mass is 10.0. The van der Waals surface area contributed by atoms with Crippen molar-refractivity contribution in [1.29, 1.82) is 5.41 Å². The van der Waals surface area contributed by atoms with Crippen LogP contribution in [0.2, 0.25) is 0 Å². The van der Waals surface area contributed by atoms with Crippen LogP contribution in [0.15, 0.2) is 0 Å². The van der Waals surface area contributed by atoms with Gasteiger partial charge in [0.05, 0.1) is 12.2 Å². The molecule has 2 atom stereocenters. The molecule has 2 rings (SSSR count). The molecule has 2 aliphatic heterocycles. The van der Waals surface area contributed by atoms with Crippen LogP contribution < -0.4 is 0 Å². The van der Waals surface area contributed by atoms with E-state index in [2.05, 4.69) is 0 Å². The number of ether oxygens (including phenoxy) is 2. The highest BCUT2D eigenvalue weighted by Gasteiger charge is 2.31. The van der Waals surface area contributed by atoms with Gasteiger partial charge in [0, 0.05) is 25.7 Å². The van der Waals surface area contributed by atoms with Gasteiger partial charge in [-0.2, -0.15) is 9.59 Å². The van der Waals surface area contributed by atoms with Gasteiger partial charge in [0.1, 0.15) is 11.2 Å². The number of aliphatic hydroxyl groups excluding tert-OH is 2. The third-order valence-corrected chi connectivity index (χ3v) is 4.59. The smallest absolute Gasteiger partial charge is 0.410 e. The summed E-state index contributed by atoms with van der Waals surface area (Å²) in [6, 6.07) is 0.0589. The molecule has 0 aromatic rings. The van der Waals surface area contributed by atoms with E-state index in [-0.39, 0.29) is 36.6 Å². The molecule has 0 radical (unpaired) electrons. The third-order valence-electron chi connectivity index (χ3n) is 4.59. The fourth-order valence-corrected chi connectivity index (χ4v) is 3.11. The zero-order valence-corrected chi connectivity index (χ0v) is 21.8. The van der Waals surface area contributed by atoms with Gasteiger partial charge >= 0.3 is 18.3 Å². The zero-order valence-electron chi connectivity index (χ0n) is 21.8. The lowest BCUT2D eigenvalue weighted by Gasteiger charge is -2.36. The summed E-state index contributed by atoms with van der Waals surface area (Å²) < 4.78 is 10.5. The molecular weight excluding hydrogens is 462 g/mol. The number of likely N-dealkylation sites (tertiary alicyclic amines) is 2. The predicted molar refractivity (Wildman–Crippen MR) is 124 cm³/mol. The summed E-state index contributed by atoms with van der Waals surface area (Å²) in [6.07, 6.45) is 2.50. The molecule has 12 heteroatoms. The highest BCUT2D eigenvalue weighted by Crippen LogP contribution is 2.20. The highest BCUT2D eigenvalue weighted by atomic mass is 16.6. The normalized spacial score (nSPS) is 20.1. The molecule has 202 valence electrons. The van der Waals surface area contributed by atoms with E-state index >= 15 is 0 Å². The quantitative estimate of drug-likeness (QED) is 0.331. The predicted octanol–water partition coefficient (Wildman–Crippen LogP) is 2.46. The molecule has 0 aromatic heterocycles. The summed E-state index contributed by atoms with van der Waals surface area (Å²) in [5.74, 6) is 0. The summed E-state index contributed by atoms with van der Waals surface area (Å²) in [4.78, 5) is 51.2. The average Bonchev–Trinajstić information content (AvgIpc) is 2.67. The number of hydrogen-bond donors (Lipinski definition) is 3. The summed E-state index contributed by atoms with van der Waals surface area (Å²) in [6.45, 7) is 14.8. The van der Waals surface area contributed by atoms with Crippen molar-refractivity contribution in [1.82, 2.24) is 9.80 Å². The number of carbonyl (C=O) groups is 2. The Bertz CT molecular complexity index is 684. The number of nitrogens with one attached hydrogen (secondary N) is 1. The van der Waals surface area contributed by atoms with Crippen molar-refractivity contribution in [2.75, 3.05) is 19.6 Å². The number of aliphatic hydroxyl groups is 2. The van der Waals surface area contributed by atoms with E-state index in [1.807, 2.05) is 48.5 Å². The van der Waals surface area contributed by atoms with Crippen LogP contribution in [0.4, 0.5) is 9.59 Å². The molecule has 12 nitrogen and oxygen atoms in total. The molecule has 0 aliphatic carbocycles. The second-order valence-corrected chi connectivity index (χ2v) is 10.1. The van der Waals surface area contributed by atoms with Crippen LogP contribution in [0.25, 0.3) is 0 Å². The SMILES string of the molecule is CC(C)(C)OC(=O)N1CCC(O)CC1.CC1CC(O)CCN1C(=O)OC(C)(C)C.N=C=O.O=C=O. The first-order valence-corrected chi connectivity index (χ1v) is 11.4. The molecule has 2 unspecified atom stereocenters. The van der Waals surface area contributed by atoms with Gasteiger partial charge in [0.15, 0.2) is 0 Å². The summed E-state index contributed by atoms with van der Waals surface area (Å²) in [5.41, 5.74) is -0.889. The molecule has 35 heavy (non-hydrogen) atoms. The maximum atomic E-state index is 11.8. The minimum Gasteiger partial charge on any atom is -0.444 e. The molecule has 2 fully saturated rings. The lowest BCUT2D eigenvalue weighted by Crippen LogP contribution is -2.47. The summed E-state index contributed by atoms with van der Waals surface area (Å²) in [5, 5.41) is 24.1. The Hall–Kier alpha value is -2.78. The fourth-order valence-electron chi connectivity index (χ4n) is 3.11. The van der Waals surface area contributed by atoms with Crippen molar-refractivity contribution in [3.8, 4) is 0 Å². The Labute approximate surface area is 207 Å². The van der Waals surface area contributed by atoms with Gasteiger partial charge in [-0.15, -0.1) is 0 Å². The molecule has 2 aliphatic rings. The lowest BCUT2D eigenvalue weighted by molar-refractivity contribution is -0.191. The van der Waals surface area contributed by atoms with E-state index in [4.69, 9.17) is 29.3 Å². The monoisotopic (exact) mass is 503 g/mol. The molecule has 3 N–H and O–H groups in total. The number of hydrogen-bond acceptors (Lipinski definition) is 10. The third kappa shape index (κ3) is 18.2. The van der Waals surface area contributed by atoms with Crippen molar-refractivity contribution in [3.63, 3.8) is 0 Å². The van der Waals surface area contributed by atoms with Crippen LogP contribution in [0.5, 0.6) is 0 Å². The number of amides is 2. The minimum atomic E-state index is -0.452. The van der Waals surface area contributed by atoms with E-state index in [0.29, 0.717) is 45.3 Å². The fraction of sp³-hybridized carbons (Fsp3) is 0.826. The number of isocyanates is 1. The first-order chi connectivity index (χ1) is 16.0. The molecule has 0 spiro atoms. The van der Waals surface area contributed by atoms with Crippen molar-refractivity contribution < 1.29 is 43.7 Å². The summed E-state index contributed by atoms with van der Waals surface area (Å²) in [7, 11) is 0. The van der Waals surface area contributed by atoms with Crippen molar-refractivity contribution in [2.45, 2.75) is 104 Å². The van der Waals surface area contributed by atoms with Crippen LogP contribution >= 0.6 is 0 Å². The Balaban J connectivity index is 0. The minimum absolute atomic E-state index is 0.0589. The second-order valence-electron chi connectivity index (χ2n) is 10.1. The van der Waals surface area contributed by atoms with E-state index in [1.165, 1.54) is 0 Å². The molecule has 0 saturated carbocycles. The summed E-state index contributed by atoms with van der Waals surface area (Å²) >= 11 is 0.